The van der Waals surface area contributed by atoms with Gasteiger partial charge in [-0.05, 0) is 59.7 Å². The zero-order chi connectivity index (χ0) is 22.8. The second kappa shape index (κ2) is 9.01. The van der Waals surface area contributed by atoms with Crippen LogP contribution in [-0.4, -0.2) is 23.4 Å². The van der Waals surface area contributed by atoms with Crippen LogP contribution in [0.3, 0.4) is 0 Å². The summed E-state index contributed by atoms with van der Waals surface area (Å²) in [5.74, 6) is -0.329. The van der Waals surface area contributed by atoms with Crippen LogP contribution in [0, 0.1) is 12.8 Å². The predicted octanol–water partition coefficient (Wildman–Crippen LogP) is 5.87. The van der Waals surface area contributed by atoms with E-state index in [1.54, 1.807) is 41.8 Å². The van der Waals surface area contributed by atoms with Crippen LogP contribution in [0.1, 0.15) is 40.7 Å². The Morgan fingerprint density at radius 2 is 1.81 bits per heavy atom. The third-order valence-corrected chi connectivity index (χ3v) is 6.25. The number of rotatable bonds is 7. The number of amides is 1. The third-order valence-electron chi connectivity index (χ3n) is 5.38. The molecular formula is C26H25NO4S. The zero-order valence-corrected chi connectivity index (χ0v) is 19.1. The van der Waals surface area contributed by atoms with Crippen molar-refractivity contribution in [2.24, 2.45) is 5.92 Å². The molecule has 1 N–H and O–H groups in total. The van der Waals surface area contributed by atoms with Crippen LogP contribution in [0.2, 0.25) is 0 Å². The molecule has 0 saturated heterocycles. The summed E-state index contributed by atoms with van der Waals surface area (Å²) in [6.07, 6.45) is 0. The van der Waals surface area contributed by atoms with Crippen molar-refractivity contribution >= 4 is 28.7 Å². The lowest BCUT2D eigenvalue weighted by Gasteiger charge is -2.28. The van der Waals surface area contributed by atoms with E-state index in [4.69, 9.17) is 4.74 Å². The lowest BCUT2D eigenvalue weighted by molar-refractivity contribution is -0.117. The predicted molar refractivity (Wildman–Crippen MR) is 126 cm³/mol. The molecule has 1 aliphatic heterocycles. The van der Waals surface area contributed by atoms with E-state index < -0.39 is 17.7 Å². The van der Waals surface area contributed by atoms with Gasteiger partial charge in [0.25, 0.3) is 5.91 Å². The largest absolute Gasteiger partial charge is 0.503 e. The summed E-state index contributed by atoms with van der Waals surface area (Å²) in [6, 6.07) is 17.5. The standard InChI is InChI=1S/C26H25NO4S/c1-16(2)15-31-19-12-10-18(11-13-19)27-23(20-8-5-4-7-17(20)3)22(25(29)26(27)30)24(28)21-9-6-14-32-21/h4-14,16,23,29H,15H2,1-3H3. The van der Waals surface area contributed by atoms with Gasteiger partial charge >= 0.3 is 0 Å². The Bertz CT molecular complexity index is 1160. The molecule has 1 unspecified atom stereocenters. The van der Waals surface area contributed by atoms with Crippen LogP contribution in [0.5, 0.6) is 5.75 Å². The monoisotopic (exact) mass is 447 g/mol. The zero-order valence-electron chi connectivity index (χ0n) is 18.2. The van der Waals surface area contributed by atoms with E-state index in [9.17, 15) is 14.7 Å². The van der Waals surface area contributed by atoms with Gasteiger partial charge in [-0.2, -0.15) is 0 Å². The number of Topliss-reactive ketones (excluding diaryl/α,β-unsaturated/α-hetero) is 1. The number of benzene rings is 2. The summed E-state index contributed by atoms with van der Waals surface area (Å²) in [5, 5.41) is 12.6. The molecule has 5 nitrogen and oxygen atoms in total. The fraction of sp³-hybridized carbons (Fsp3) is 0.231. The maximum Gasteiger partial charge on any atom is 0.294 e. The van der Waals surface area contributed by atoms with Crippen LogP contribution in [0.4, 0.5) is 5.69 Å². The molecule has 1 aliphatic rings. The second-order valence-corrected chi connectivity index (χ2v) is 9.15. The number of hydrogen-bond acceptors (Lipinski definition) is 5. The quantitative estimate of drug-likeness (QED) is 0.460. The highest BCUT2D eigenvalue weighted by Crippen LogP contribution is 2.43. The molecule has 4 rings (SSSR count). The molecule has 0 radical (unpaired) electrons. The summed E-state index contributed by atoms with van der Waals surface area (Å²) in [6.45, 7) is 6.67. The summed E-state index contributed by atoms with van der Waals surface area (Å²) in [4.78, 5) is 28.5. The second-order valence-electron chi connectivity index (χ2n) is 8.20. The molecule has 0 aliphatic carbocycles. The first kappa shape index (κ1) is 21.8. The van der Waals surface area contributed by atoms with E-state index in [1.165, 1.54) is 16.2 Å². The Kier molecular flexibility index (Phi) is 6.15. The maximum atomic E-state index is 13.3. The van der Waals surface area contributed by atoms with Crippen LogP contribution in [-0.2, 0) is 4.79 Å². The Morgan fingerprint density at radius 3 is 2.44 bits per heavy atom. The summed E-state index contributed by atoms with van der Waals surface area (Å²) in [7, 11) is 0. The molecular weight excluding hydrogens is 422 g/mol. The van der Waals surface area contributed by atoms with E-state index >= 15 is 0 Å². The van der Waals surface area contributed by atoms with Gasteiger partial charge < -0.3 is 9.84 Å². The minimum atomic E-state index is -0.722. The van der Waals surface area contributed by atoms with Crippen LogP contribution < -0.4 is 9.64 Å². The van der Waals surface area contributed by atoms with Gasteiger partial charge in [0.2, 0.25) is 5.78 Å². The topological polar surface area (TPSA) is 66.8 Å². The van der Waals surface area contributed by atoms with Crippen LogP contribution >= 0.6 is 11.3 Å². The van der Waals surface area contributed by atoms with Gasteiger partial charge in [-0.3, -0.25) is 14.5 Å². The van der Waals surface area contributed by atoms with Crippen LogP contribution in [0.25, 0.3) is 0 Å². The van der Waals surface area contributed by atoms with Crippen molar-refractivity contribution in [1.29, 1.82) is 0 Å². The van der Waals surface area contributed by atoms with Crippen molar-refractivity contribution in [2.75, 3.05) is 11.5 Å². The molecule has 0 saturated carbocycles. The van der Waals surface area contributed by atoms with Gasteiger partial charge in [-0.25, -0.2) is 0 Å². The Balaban J connectivity index is 1.77. The molecule has 2 heterocycles. The number of aliphatic hydroxyl groups excluding tert-OH is 1. The fourth-order valence-electron chi connectivity index (χ4n) is 3.80. The lowest BCUT2D eigenvalue weighted by Crippen LogP contribution is -2.31. The van der Waals surface area contributed by atoms with Gasteiger partial charge in [0.05, 0.1) is 23.1 Å². The average Bonchev–Trinajstić information content (AvgIpc) is 3.40. The number of hydrogen-bond donors (Lipinski definition) is 1. The summed E-state index contributed by atoms with van der Waals surface area (Å²) < 4.78 is 5.76. The molecule has 0 fully saturated rings. The minimum Gasteiger partial charge on any atom is -0.503 e. The molecule has 1 amide bonds. The molecule has 0 spiro atoms. The first-order valence-corrected chi connectivity index (χ1v) is 11.4. The van der Waals surface area contributed by atoms with Crippen LogP contribution in [0.15, 0.2) is 77.4 Å². The summed E-state index contributed by atoms with van der Waals surface area (Å²) in [5.41, 5.74) is 2.41. The Morgan fingerprint density at radius 1 is 1.09 bits per heavy atom. The van der Waals surface area contributed by atoms with Crippen molar-refractivity contribution in [2.45, 2.75) is 26.8 Å². The maximum absolute atomic E-state index is 13.3. The van der Waals surface area contributed by atoms with Crippen molar-refractivity contribution in [3.8, 4) is 5.75 Å². The number of carbonyl (C=O) groups is 2. The number of nitrogens with zero attached hydrogens (tertiary/aromatic N) is 1. The Labute approximate surface area is 191 Å². The van der Waals surface area contributed by atoms with Gasteiger partial charge in [0.15, 0.2) is 5.76 Å². The van der Waals surface area contributed by atoms with Crippen molar-refractivity contribution in [3.63, 3.8) is 0 Å². The average molecular weight is 448 g/mol. The number of aryl methyl sites for hydroxylation is 1. The SMILES string of the molecule is Cc1ccccc1C1C(C(=O)c2cccs2)=C(O)C(=O)N1c1ccc(OCC(C)C)cc1. The lowest BCUT2D eigenvalue weighted by atomic mass is 9.92. The molecule has 6 heteroatoms. The Hall–Kier alpha value is -3.38. The number of thiophene rings is 1. The van der Waals surface area contributed by atoms with Gasteiger partial charge in [-0.15, -0.1) is 11.3 Å². The molecule has 32 heavy (non-hydrogen) atoms. The smallest absolute Gasteiger partial charge is 0.294 e. The van der Waals surface area contributed by atoms with E-state index in [0.29, 0.717) is 28.8 Å². The molecule has 0 bridgehead atoms. The summed E-state index contributed by atoms with van der Waals surface area (Å²) >= 11 is 1.29. The van der Waals surface area contributed by atoms with E-state index in [0.717, 1.165) is 11.1 Å². The van der Waals surface area contributed by atoms with Crippen molar-refractivity contribution in [3.05, 3.63) is 93.4 Å². The number of aliphatic hydroxyl groups is 1. The first-order chi connectivity index (χ1) is 15.4. The third kappa shape index (κ3) is 4.06. The number of carbonyl (C=O) groups excluding carboxylic acids is 2. The van der Waals surface area contributed by atoms with Crippen molar-refractivity contribution in [1.82, 2.24) is 0 Å². The van der Waals surface area contributed by atoms with E-state index in [2.05, 4.69) is 13.8 Å². The first-order valence-electron chi connectivity index (χ1n) is 10.5. The molecule has 1 aromatic heterocycles. The van der Waals surface area contributed by atoms with Gasteiger partial charge in [0.1, 0.15) is 5.75 Å². The highest BCUT2D eigenvalue weighted by molar-refractivity contribution is 7.12. The number of ketones is 1. The van der Waals surface area contributed by atoms with Gasteiger partial charge in [-0.1, -0.05) is 44.2 Å². The number of ether oxygens (including phenoxy) is 1. The minimum absolute atomic E-state index is 0.104. The van der Waals surface area contributed by atoms with Crippen molar-refractivity contribution < 1.29 is 19.4 Å². The normalized spacial score (nSPS) is 16.2. The fourth-order valence-corrected chi connectivity index (χ4v) is 4.48. The van der Waals surface area contributed by atoms with Gasteiger partial charge in [0, 0.05) is 5.69 Å². The van der Waals surface area contributed by atoms with E-state index in [1.807, 2.05) is 31.2 Å². The molecule has 164 valence electrons. The molecule has 2 aromatic carbocycles. The highest BCUT2D eigenvalue weighted by atomic mass is 32.1. The molecule has 1 atom stereocenters. The molecule has 3 aromatic rings. The van der Waals surface area contributed by atoms with E-state index in [-0.39, 0.29) is 11.4 Å². The number of anilines is 1. The highest BCUT2D eigenvalue weighted by Gasteiger charge is 2.45.